The second kappa shape index (κ2) is 5.14. The number of hydrogen-bond donors (Lipinski definition) is 0. The average molecular weight is 201 g/mol. The van der Waals surface area contributed by atoms with Crippen molar-refractivity contribution in [3.8, 4) is 0 Å². The number of rotatable bonds is 4. The zero-order valence-electron chi connectivity index (χ0n) is 7.88. The standard InChI is InChI=1S/C9H13ClN2O/c1-3-4-7-5-8(10)12-9(11-7)6-13-2/h5H,3-4,6H2,1-2H3. The van der Waals surface area contributed by atoms with E-state index in [1.165, 1.54) is 0 Å². The van der Waals surface area contributed by atoms with Crippen LogP contribution in [0.2, 0.25) is 5.15 Å². The highest BCUT2D eigenvalue weighted by Gasteiger charge is 2.01. The van der Waals surface area contributed by atoms with Crippen molar-refractivity contribution >= 4 is 11.6 Å². The molecule has 0 saturated heterocycles. The van der Waals surface area contributed by atoms with Gasteiger partial charge in [-0.05, 0) is 12.5 Å². The summed E-state index contributed by atoms with van der Waals surface area (Å²) in [4.78, 5) is 8.33. The van der Waals surface area contributed by atoms with Crippen LogP contribution in [0.1, 0.15) is 24.9 Å². The second-order valence-electron chi connectivity index (χ2n) is 2.78. The van der Waals surface area contributed by atoms with Crippen LogP contribution in [0.25, 0.3) is 0 Å². The maximum absolute atomic E-state index is 5.81. The van der Waals surface area contributed by atoms with Gasteiger partial charge in [0.2, 0.25) is 0 Å². The number of hydrogen-bond acceptors (Lipinski definition) is 3. The number of halogens is 1. The molecule has 0 saturated carbocycles. The molecule has 1 aromatic heterocycles. The molecule has 0 bridgehead atoms. The van der Waals surface area contributed by atoms with Gasteiger partial charge in [-0.15, -0.1) is 0 Å². The summed E-state index contributed by atoms with van der Waals surface area (Å²) in [6.07, 6.45) is 1.98. The monoisotopic (exact) mass is 200 g/mol. The van der Waals surface area contributed by atoms with Crippen molar-refractivity contribution in [2.75, 3.05) is 7.11 Å². The Labute approximate surface area is 83.1 Å². The van der Waals surface area contributed by atoms with Gasteiger partial charge >= 0.3 is 0 Å². The molecule has 0 aliphatic rings. The maximum Gasteiger partial charge on any atom is 0.155 e. The van der Waals surface area contributed by atoms with Crippen LogP contribution < -0.4 is 0 Å². The van der Waals surface area contributed by atoms with Gasteiger partial charge in [-0.25, -0.2) is 9.97 Å². The summed E-state index contributed by atoms with van der Waals surface area (Å²) in [7, 11) is 1.61. The molecule has 1 heterocycles. The number of ether oxygens (including phenoxy) is 1. The minimum absolute atomic E-state index is 0.414. The van der Waals surface area contributed by atoms with Crippen LogP contribution in [-0.2, 0) is 17.8 Å². The van der Waals surface area contributed by atoms with E-state index in [9.17, 15) is 0 Å². The maximum atomic E-state index is 5.81. The number of methoxy groups -OCH3 is 1. The molecular weight excluding hydrogens is 188 g/mol. The molecular formula is C9H13ClN2O. The van der Waals surface area contributed by atoms with Crippen molar-refractivity contribution in [3.63, 3.8) is 0 Å². The van der Waals surface area contributed by atoms with E-state index in [0.29, 0.717) is 17.6 Å². The Morgan fingerprint density at radius 2 is 2.23 bits per heavy atom. The summed E-state index contributed by atoms with van der Waals surface area (Å²) >= 11 is 5.81. The molecule has 0 aliphatic heterocycles. The first kappa shape index (κ1) is 10.4. The quantitative estimate of drug-likeness (QED) is 0.700. The minimum atomic E-state index is 0.414. The lowest BCUT2D eigenvalue weighted by Gasteiger charge is -2.02. The van der Waals surface area contributed by atoms with Gasteiger partial charge in [0.15, 0.2) is 5.82 Å². The fourth-order valence-electron chi connectivity index (χ4n) is 1.09. The molecule has 0 unspecified atom stereocenters. The first-order valence-electron chi connectivity index (χ1n) is 4.27. The second-order valence-corrected chi connectivity index (χ2v) is 3.17. The molecule has 4 heteroatoms. The lowest BCUT2D eigenvalue weighted by Crippen LogP contribution is -2.00. The molecule has 72 valence electrons. The zero-order valence-corrected chi connectivity index (χ0v) is 8.64. The predicted octanol–water partition coefficient (Wildman–Crippen LogP) is 2.23. The molecule has 0 aliphatic carbocycles. The van der Waals surface area contributed by atoms with Crippen LogP contribution in [0.4, 0.5) is 0 Å². The number of nitrogens with zero attached hydrogens (tertiary/aromatic N) is 2. The lowest BCUT2D eigenvalue weighted by atomic mass is 10.2. The summed E-state index contributed by atoms with van der Waals surface area (Å²) in [5.41, 5.74) is 0.981. The molecule has 0 fully saturated rings. The predicted molar refractivity (Wildman–Crippen MR) is 51.8 cm³/mol. The lowest BCUT2D eigenvalue weighted by molar-refractivity contribution is 0.177. The molecule has 0 aromatic carbocycles. The fourth-order valence-corrected chi connectivity index (χ4v) is 1.32. The van der Waals surface area contributed by atoms with Gasteiger partial charge in [-0.2, -0.15) is 0 Å². The van der Waals surface area contributed by atoms with Crippen molar-refractivity contribution in [1.82, 2.24) is 9.97 Å². The largest absolute Gasteiger partial charge is 0.377 e. The Bertz CT molecular complexity index is 254. The van der Waals surface area contributed by atoms with Gasteiger partial charge in [0.25, 0.3) is 0 Å². The summed E-state index contributed by atoms with van der Waals surface area (Å²) in [5, 5.41) is 0.491. The van der Waals surface area contributed by atoms with Gasteiger partial charge in [0.1, 0.15) is 11.8 Å². The summed E-state index contributed by atoms with van der Waals surface area (Å²) in [6, 6.07) is 1.80. The first-order chi connectivity index (χ1) is 6.26. The topological polar surface area (TPSA) is 35.0 Å². The van der Waals surface area contributed by atoms with Gasteiger partial charge in [-0.1, -0.05) is 24.9 Å². The third kappa shape index (κ3) is 3.28. The number of aryl methyl sites for hydroxylation is 1. The van der Waals surface area contributed by atoms with Gasteiger partial charge in [-0.3, -0.25) is 0 Å². The van der Waals surface area contributed by atoms with Crippen LogP contribution in [-0.4, -0.2) is 17.1 Å². The van der Waals surface area contributed by atoms with E-state index in [-0.39, 0.29) is 0 Å². The summed E-state index contributed by atoms with van der Waals surface area (Å²) in [6.45, 7) is 2.52. The van der Waals surface area contributed by atoms with Gasteiger partial charge in [0.05, 0.1) is 0 Å². The fraction of sp³-hybridized carbons (Fsp3) is 0.556. The van der Waals surface area contributed by atoms with E-state index in [2.05, 4.69) is 16.9 Å². The highest BCUT2D eigenvalue weighted by molar-refractivity contribution is 6.29. The number of aromatic nitrogens is 2. The van der Waals surface area contributed by atoms with Crippen LogP contribution in [0.3, 0.4) is 0 Å². The third-order valence-corrected chi connectivity index (χ3v) is 1.77. The van der Waals surface area contributed by atoms with E-state index in [1.54, 1.807) is 13.2 Å². The van der Waals surface area contributed by atoms with Crippen LogP contribution >= 0.6 is 11.6 Å². The highest BCUT2D eigenvalue weighted by atomic mass is 35.5. The van der Waals surface area contributed by atoms with Gasteiger partial charge in [0, 0.05) is 12.8 Å². The third-order valence-electron chi connectivity index (χ3n) is 1.57. The van der Waals surface area contributed by atoms with Crippen molar-refractivity contribution in [3.05, 3.63) is 22.7 Å². The highest BCUT2D eigenvalue weighted by Crippen LogP contribution is 2.09. The van der Waals surface area contributed by atoms with Crippen LogP contribution in [0.15, 0.2) is 6.07 Å². The molecule has 0 amide bonds. The molecule has 3 nitrogen and oxygen atoms in total. The molecule has 13 heavy (non-hydrogen) atoms. The van der Waals surface area contributed by atoms with E-state index in [1.807, 2.05) is 0 Å². The van der Waals surface area contributed by atoms with E-state index < -0.39 is 0 Å². The zero-order chi connectivity index (χ0) is 9.68. The summed E-state index contributed by atoms with van der Waals surface area (Å²) in [5.74, 6) is 0.651. The normalized spacial score (nSPS) is 10.4. The van der Waals surface area contributed by atoms with Crippen molar-refractivity contribution in [1.29, 1.82) is 0 Å². The van der Waals surface area contributed by atoms with Crippen LogP contribution in [0, 0.1) is 0 Å². The van der Waals surface area contributed by atoms with Crippen molar-refractivity contribution in [2.45, 2.75) is 26.4 Å². The molecule has 1 aromatic rings. The van der Waals surface area contributed by atoms with E-state index in [0.717, 1.165) is 18.5 Å². The van der Waals surface area contributed by atoms with E-state index >= 15 is 0 Å². The Balaban J connectivity index is 2.83. The van der Waals surface area contributed by atoms with Crippen LogP contribution in [0.5, 0.6) is 0 Å². The first-order valence-corrected chi connectivity index (χ1v) is 4.65. The Hall–Kier alpha value is -0.670. The smallest absolute Gasteiger partial charge is 0.155 e. The Morgan fingerprint density at radius 1 is 1.46 bits per heavy atom. The van der Waals surface area contributed by atoms with Gasteiger partial charge < -0.3 is 4.74 Å². The van der Waals surface area contributed by atoms with E-state index in [4.69, 9.17) is 16.3 Å². The summed E-state index contributed by atoms with van der Waals surface area (Å²) < 4.78 is 4.93. The molecule has 1 rings (SSSR count). The minimum Gasteiger partial charge on any atom is -0.377 e. The van der Waals surface area contributed by atoms with Crippen molar-refractivity contribution in [2.24, 2.45) is 0 Å². The molecule has 0 spiro atoms. The molecule has 0 radical (unpaired) electrons. The molecule has 0 atom stereocenters. The van der Waals surface area contributed by atoms with Crippen molar-refractivity contribution < 1.29 is 4.74 Å². The molecule has 0 N–H and O–H groups in total. The average Bonchev–Trinajstić information content (AvgIpc) is 2.04. The SMILES string of the molecule is CCCc1cc(Cl)nc(COC)n1. The Morgan fingerprint density at radius 3 is 2.85 bits per heavy atom. The Kier molecular flexibility index (Phi) is 4.12.